The fourth-order valence-electron chi connectivity index (χ4n) is 13.2. The molecule has 1 aliphatic carbocycles. The molecule has 73 heavy (non-hydrogen) atoms. The van der Waals surface area contributed by atoms with Gasteiger partial charge in [0.05, 0.1) is 11.2 Å². The maximum atomic E-state index is 15.4. The highest BCUT2D eigenvalue weighted by atomic mass is 19.1. The average molecular weight is 958 g/mol. The van der Waals surface area contributed by atoms with Crippen LogP contribution in [-0.4, -0.2) is 12.3 Å². The summed E-state index contributed by atoms with van der Waals surface area (Å²) in [6.07, 6.45) is 4.35. The van der Waals surface area contributed by atoms with Crippen molar-refractivity contribution in [3.8, 4) is 22.3 Å². The summed E-state index contributed by atoms with van der Waals surface area (Å²) in [5.74, 6) is -0.159. The lowest BCUT2D eigenvalue weighted by Gasteiger charge is -2.50. The molecule has 0 amide bonds. The first-order valence-corrected chi connectivity index (χ1v) is 26.8. The van der Waals surface area contributed by atoms with Gasteiger partial charge < -0.3 is 14.7 Å². The third kappa shape index (κ3) is 7.42. The van der Waals surface area contributed by atoms with Crippen LogP contribution in [0.4, 0.5) is 49.9 Å². The van der Waals surface area contributed by atoms with Crippen LogP contribution in [0.1, 0.15) is 124 Å². The van der Waals surface area contributed by atoms with E-state index in [1.807, 2.05) is 12.1 Å². The number of rotatable bonds is 5. The number of benzene rings is 8. The fraction of sp³-hybridized carbons (Fsp3) is 0.294. The summed E-state index contributed by atoms with van der Waals surface area (Å²) in [6.45, 7) is 25.6. The number of hydrogen-bond acceptors (Lipinski definition) is 3. The van der Waals surface area contributed by atoms with Crippen LogP contribution in [0.5, 0.6) is 0 Å². The van der Waals surface area contributed by atoms with Gasteiger partial charge in [-0.15, -0.1) is 0 Å². The summed E-state index contributed by atoms with van der Waals surface area (Å²) in [5.41, 5.74) is 22.3. The van der Waals surface area contributed by atoms with E-state index in [0.29, 0.717) is 0 Å². The molecule has 3 nitrogen and oxygen atoms in total. The van der Waals surface area contributed by atoms with Crippen LogP contribution in [-0.2, 0) is 21.7 Å². The molecule has 0 N–H and O–H groups in total. The zero-order valence-corrected chi connectivity index (χ0v) is 44.8. The van der Waals surface area contributed by atoms with Crippen LogP contribution in [0, 0.1) is 5.82 Å². The summed E-state index contributed by atoms with van der Waals surface area (Å²) in [5, 5.41) is 0. The Kier molecular flexibility index (Phi) is 10.7. The van der Waals surface area contributed by atoms with Crippen LogP contribution in [0.25, 0.3) is 22.3 Å². The van der Waals surface area contributed by atoms with E-state index in [9.17, 15) is 0 Å². The standard InChI is InChI=1S/C68H69BFN3/c1-64(2,3)47-25-29-51(30-26-47)71-60-43-52(73-58-35-28-50(70)42-54(58)67(10)36-18-19-37-68(67,73)11)31-32-55(60)69-56-38-46(44-20-14-12-15-21-44)24-33-59(56)72(62-41-49(66(7,8)9)40-61(71)63(62)69)57-34-27-48(65(4,5)6)39-53(57)45-22-16-13-17-23-45/h12-17,20-35,38-43H,18-19,36-37H2,1-11H3. The maximum Gasteiger partial charge on any atom is 0.252 e. The Morgan fingerprint density at radius 3 is 1.70 bits per heavy atom. The van der Waals surface area contributed by atoms with E-state index in [1.165, 1.54) is 78.1 Å². The molecule has 366 valence electrons. The quantitative estimate of drug-likeness (QED) is 0.159. The second-order valence-electron chi connectivity index (χ2n) is 25.1. The van der Waals surface area contributed by atoms with Gasteiger partial charge in [0.1, 0.15) is 5.82 Å². The Hall–Kier alpha value is -6.85. The Labute approximate surface area is 434 Å². The Balaban J connectivity index is 1.18. The minimum atomic E-state index is -0.241. The first kappa shape index (κ1) is 47.2. The van der Waals surface area contributed by atoms with E-state index in [2.05, 4.69) is 243 Å². The predicted molar refractivity (Wildman–Crippen MR) is 310 cm³/mol. The smallest absolute Gasteiger partial charge is 0.252 e. The molecule has 5 heteroatoms. The first-order valence-electron chi connectivity index (χ1n) is 26.8. The van der Waals surface area contributed by atoms with Crippen molar-refractivity contribution in [1.82, 2.24) is 0 Å². The largest absolute Gasteiger partial charge is 0.334 e. The van der Waals surface area contributed by atoms with Crippen molar-refractivity contribution in [1.29, 1.82) is 0 Å². The molecule has 0 bridgehead atoms. The second kappa shape index (κ2) is 16.6. The minimum Gasteiger partial charge on any atom is -0.334 e. The highest BCUT2D eigenvalue weighted by Gasteiger charge is 2.58. The van der Waals surface area contributed by atoms with Gasteiger partial charge in [-0.25, -0.2) is 4.39 Å². The van der Waals surface area contributed by atoms with E-state index >= 15 is 4.39 Å². The number of hydrogen-bond donors (Lipinski definition) is 0. The van der Waals surface area contributed by atoms with Crippen LogP contribution >= 0.6 is 0 Å². The molecule has 3 aliphatic heterocycles. The van der Waals surface area contributed by atoms with Gasteiger partial charge in [-0.2, -0.15) is 0 Å². The molecule has 0 spiro atoms. The molecule has 8 aromatic carbocycles. The van der Waals surface area contributed by atoms with E-state index in [4.69, 9.17) is 0 Å². The van der Waals surface area contributed by atoms with E-state index < -0.39 is 0 Å². The third-order valence-electron chi connectivity index (χ3n) is 17.5. The Morgan fingerprint density at radius 2 is 1.03 bits per heavy atom. The van der Waals surface area contributed by atoms with Crippen LogP contribution < -0.4 is 31.1 Å². The molecular formula is C68H69BFN3. The Morgan fingerprint density at radius 1 is 0.438 bits per heavy atom. The van der Waals surface area contributed by atoms with Gasteiger partial charge in [-0.3, -0.25) is 0 Å². The molecule has 1 fully saturated rings. The van der Waals surface area contributed by atoms with Crippen LogP contribution in [0.2, 0.25) is 0 Å². The molecule has 2 unspecified atom stereocenters. The maximum absolute atomic E-state index is 15.4. The van der Waals surface area contributed by atoms with E-state index in [-0.39, 0.29) is 39.7 Å². The molecule has 0 radical (unpaired) electrons. The van der Waals surface area contributed by atoms with Crippen LogP contribution in [0.15, 0.2) is 170 Å². The molecule has 0 saturated heterocycles. The van der Waals surface area contributed by atoms with Crippen molar-refractivity contribution < 1.29 is 4.39 Å². The Bertz CT molecular complexity index is 3470. The summed E-state index contributed by atoms with van der Waals surface area (Å²) < 4.78 is 15.4. The number of fused-ring (bicyclic) bond motifs is 7. The summed E-state index contributed by atoms with van der Waals surface area (Å²) >= 11 is 0. The van der Waals surface area contributed by atoms with Crippen molar-refractivity contribution in [2.24, 2.45) is 0 Å². The molecule has 1 saturated carbocycles. The molecule has 2 atom stereocenters. The van der Waals surface area contributed by atoms with Crippen molar-refractivity contribution >= 4 is 68.6 Å². The molecule has 0 aromatic heterocycles. The SMILES string of the molecule is CC(C)(C)c1ccc(N2c3cc(N4c5ccc(F)cc5C5(C)CCCCC45C)ccc3B3c4cc(-c5ccccc5)ccc4N(c4ccc(C(C)(C)C)cc4-c4ccccc4)c4cc(C(C)(C)C)cc2c43)cc1. The highest BCUT2D eigenvalue weighted by molar-refractivity contribution is 7.00. The van der Waals surface area contributed by atoms with Gasteiger partial charge in [0.2, 0.25) is 0 Å². The van der Waals surface area contributed by atoms with Gasteiger partial charge in [-0.1, -0.05) is 179 Å². The monoisotopic (exact) mass is 958 g/mol. The van der Waals surface area contributed by atoms with Gasteiger partial charge >= 0.3 is 0 Å². The van der Waals surface area contributed by atoms with Crippen molar-refractivity contribution in [2.45, 2.75) is 129 Å². The van der Waals surface area contributed by atoms with Gasteiger partial charge in [-0.05, 0) is 164 Å². The molecule has 3 heterocycles. The van der Waals surface area contributed by atoms with Gasteiger partial charge in [0.25, 0.3) is 6.71 Å². The van der Waals surface area contributed by atoms with E-state index in [1.54, 1.807) is 6.07 Å². The topological polar surface area (TPSA) is 9.72 Å². The lowest BCUT2D eigenvalue weighted by Crippen LogP contribution is -2.61. The fourth-order valence-corrected chi connectivity index (χ4v) is 13.2. The van der Waals surface area contributed by atoms with Crippen molar-refractivity contribution in [3.05, 3.63) is 198 Å². The summed E-state index contributed by atoms with van der Waals surface area (Å²) in [6, 6.07) is 63.5. The molecule has 8 aromatic rings. The molecule has 4 aliphatic rings. The first-order chi connectivity index (χ1) is 34.7. The predicted octanol–water partition coefficient (Wildman–Crippen LogP) is 16.9. The van der Waals surface area contributed by atoms with Gasteiger partial charge in [0.15, 0.2) is 0 Å². The van der Waals surface area contributed by atoms with Crippen molar-refractivity contribution in [3.63, 3.8) is 0 Å². The van der Waals surface area contributed by atoms with Crippen LogP contribution in [0.3, 0.4) is 0 Å². The molecule has 12 rings (SSSR count). The third-order valence-corrected chi connectivity index (χ3v) is 17.5. The second-order valence-corrected chi connectivity index (χ2v) is 25.1. The molecular weight excluding hydrogens is 889 g/mol. The summed E-state index contributed by atoms with van der Waals surface area (Å²) in [4.78, 5) is 7.80. The van der Waals surface area contributed by atoms with E-state index in [0.717, 1.165) is 54.0 Å². The number of halogens is 1. The lowest BCUT2D eigenvalue weighted by molar-refractivity contribution is 0.194. The van der Waals surface area contributed by atoms with Gasteiger partial charge in [0, 0.05) is 50.8 Å². The highest BCUT2D eigenvalue weighted by Crippen LogP contribution is 2.61. The minimum absolute atomic E-state index is 0.00764. The number of nitrogens with zero attached hydrogens (tertiary/aromatic N) is 3. The summed E-state index contributed by atoms with van der Waals surface area (Å²) in [7, 11) is 0. The normalized spacial score (nSPS) is 19.0. The number of anilines is 8. The average Bonchev–Trinajstić information content (AvgIpc) is 3.59. The zero-order valence-electron chi connectivity index (χ0n) is 44.8. The lowest BCUT2D eigenvalue weighted by atomic mass is 9.33. The van der Waals surface area contributed by atoms with Crippen molar-refractivity contribution in [2.75, 3.05) is 14.7 Å². The zero-order chi connectivity index (χ0) is 51.0.